The van der Waals surface area contributed by atoms with Crippen LogP contribution in [-0.4, -0.2) is 90.8 Å². The molecule has 0 atom stereocenters. The molecule has 3 aliphatic rings. The highest BCUT2D eigenvalue weighted by atomic mass is 19.1. The lowest BCUT2D eigenvalue weighted by Gasteiger charge is -2.36. The monoisotopic (exact) mass is 565 g/mol. The summed E-state index contributed by atoms with van der Waals surface area (Å²) in [6.45, 7) is 3.45. The van der Waals surface area contributed by atoms with Crippen molar-refractivity contribution in [2.45, 2.75) is 69.5 Å². The first-order valence-corrected chi connectivity index (χ1v) is 14.5. The largest absolute Gasteiger partial charge is 0.465 e. The fraction of sp³-hybridized carbons (Fsp3) is 0.536. The number of carbonyl (C=O) groups excluding carboxylic acids is 1. The summed E-state index contributed by atoms with van der Waals surface area (Å²) in [6, 6.07) is 3.79. The van der Waals surface area contributed by atoms with Gasteiger partial charge in [-0.25, -0.2) is 18.7 Å². The maximum Gasteiger partial charge on any atom is 0.407 e. The molecule has 0 radical (unpaired) electrons. The summed E-state index contributed by atoms with van der Waals surface area (Å²) in [5, 5.41) is 24.1. The van der Waals surface area contributed by atoms with Crippen LogP contribution in [-0.2, 0) is 0 Å². The van der Waals surface area contributed by atoms with Gasteiger partial charge in [-0.2, -0.15) is 0 Å². The Kier molecular flexibility index (Phi) is 7.86. The number of carboxylic acid groups (broad SMARTS) is 1. The zero-order chi connectivity index (χ0) is 28.3. The molecule has 2 aliphatic carbocycles. The van der Waals surface area contributed by atoms with Gasteiger partial charge < -0.3 is 30.9 Å². The van der Waals surface area contributed by atoms with Crippen LogP contribution in [0.5, 0.6) is 0 Å². The number of anilines is 3. The Labute approximate surface area is 237 Å². The third-order valence-electron chi connectivity index (χ3n) is 8.25. The molecule has 41 heavy (non-hydrogen) atoms. The van der Waals surface area contributed by atoms with Crippen molar-refractivity contribution in [1.82, 2.24) is 29.4 Å². The number of halogens is 1. The van der Waals surface area contributed by atoms with Crippen molar-refractivity contribution in [3.63, 3.8) is 0 Å². The molecule has 3 aromatic rings. The lowest BCUT2D eigenvalue weighted by Crippen LogP contribution is -2.46. The van der Waals surface area contributed by atoms with Crippen LogP contribution >= 0.6 is 0 Å². The Hall–Kier alpha value is -4.00. The Morgan fingerprint density at radius 3 is 2.46 bits per heavy atom. The number of carbonyl (C=O) groups is 2. The first-order chi connectivity index (χ1) is 19.9. The van der Waals surface area contributed by atoms with E-state index in [9.17, 15) is 19.1 Å². The average molecular weight is 566 g/mol. The molecule has 0 unspecified atom stereocenters. The van der Waals surface area contributed by atoms with E-state index in [1.807, 2.05) is 6.07 Å². The van der Waals surface area contributed by atoms with Crippen LogP contribution in [0, 0.1) is 5.82 Å². The summed E-state index contributed by atoms with van der Waals surface area (Å²) in [5.74, 6) is -0.572. The van der Waals surface area contributed by atoms with Gasteiger partial charge in [0.1, 0.15) is 5.82 Å². The Balaban J connectivity index is 1.15. The van der Waals surface area contributed by atoms with Crippen molar-refractivity contribution >= 4 is 34.8 Å². The van der Waals surface area contributed by atoms with E-state index in [1.165, 1.54) is 35.8 Å². The van der Waals surface area contributed by atoms with Crippen LogP contribution in [0.25, 0.3) is 5.65 Å². The summed E-state index contributed by atoms with van der Waals surface area (Å²) in [7, 11) is 0. The zero-order valence-corrected chi connectivity index (χ0v) is 22.9. The maximum absolute atomic E-state index is 14.1. The van der Waals surface area contributed by atoms with Gasteiger partial charge in [0.15, 0.2) is 17.2 Å². The molecule has 6 rings (SSSR count). The van der Waals surface area contributed by atoms with Crippen molar-refractivity contribution in [1.29, 1.82) is 0 Å². The van der Waals surface area contributed by atoms with Gasteiger partial charge in [0.25, 0.3) is 5.91 Å². The van der Waals surface area contributed by atoms with Gasteiger partial charge in [0, 0.05) is 43.5 Å². The predicted octanol–water partition coefficient (Wildman–Crippen LogP) is 3.89. The van der Waals surface area contributed by atoms with Crippen molar-refractivity contribution < 1.29 is 19.1 Å². The second-order valence-electron chi connectivity index (χ2n) is 11.2. The summed E-state index contributed by atoms with van der Waals surface area (Å²) < 4.78 is 15.6. The molecule has 13 heteroatoms. The number of nitrogens with one attached hydrogen (secondary N) is 3. The van der Waals surface area contributed by atoms with E-state index < -0.39 is 17.8 Å². The topological polar surface area (TPSA) is 140 Å². The van der Waals surface area contributed by atoms with Crippen LogP contribution in [0.2, 0.25) is 0 Å². The third kappa shape index (κ3) is 6.34. The van der Waals surface area contributed by atoms with E-state index in [0.717, 1.165) is 70.0 Å². The van der Waals surface area contributed by atoms with Gasteiger partial charge in [-0.15, -0.1) is 5.10 Å². The maximum atomic E-state index is 14.1. The summed E-state index contributed by atoms with van der Waals surface area (Å²) in [5.41, 5.74) is 1.49. The molecule has 0 bridgehead atoms. The number of likely N-dealkylation sites (tertiary alicyclic amines) is 1. The highest BCUT2D eigenvalue weighted by molar-refractivity contribution is 6.03. The van der Waals surface area contributed by atoms with E-state index in [0.29, 0.717) is 24.1 Å². The predicted molar refractivity (Wildman–Crippen MR) is 152 cm³/mol. The molecule has 4 N–H and O–H groups in total. The van der Waals surface area contributed by atoms with E-state index in [-0.39, 0.29) is 23.5 Å². The molecule has 2 amide bonds. The van der Waals surface area contributed by atoms with Gasteiger partial charge in [0.2, 0.25) is 0 Å². The van der Waals surface area contributed by atoms with E-state index in [4.69, 9.17) is 0 Å². The normalized spacial score (nSPS) is 21.1. The van der Waals surface area contributed by atoms with Crippen LogP contribution in [0.15, 0.2) is 30.7 Å². The molecule has 1 saturated heterocycles. The number of hydrogen-bond donors (Lipinski definition) is 4. The Bertz CT molecular complexity index is 1400. The Morgan fingerprint density at radius 2 is 1.76 bits per heavy atom. The van der Waals surface area contributed by atoms with Gasteiger partial charge in [0.05, 0.1) is 23.8 Å². The zero-order valence-electron chi connectivity index (χ0n) is 22.9. The van der Waals surface area contributed by atoms with E-state index in [1.54, 1.807) is 4.90 Å². The molecule has 4 heterocycles. The van der Waals surface area contributed by atoms with Crippen LogP contribution in [0.4, 0.5) is 26.4 Å². The average Bonchev–Trinajstić information content (AvgIpc) is 3.42. The summed E-state index contributed by atoms with van der Waals surface area (Å²) >= 11 is 0. The molecule has 0 spiro atoms. The SMILES string of the molecule is O=C(Nc1ccncc1F)c1cnc2c(NC3CC3)cc(N[C@H]3CC[C@H](N(CCN4CCCC4)C(=O)O)CC3)nn12. The molecular formula is C28H36FN9O3. The summed E-state index contributed by atoms with van der Waals surface area (Å²) in [6.07, 6.45) is 10.7. The molecule has 218 valence electrons. The second kappa shape index (κ2) is 11.9. The molecular weight excluding hydrogens is 529 g/mol. The number of rotatable bonds is 10. The smallest absolute Gasteiger partial charge is 0.407 e. The van der Waals surface area contributed by atoms with Crippen molar-refractivity contribution in [3.8, 4) is 0 Å². The van der Waals surface area contributed by atoms with Gasteiger partial charge in [-0.3, -0.25) is 9.78 Å². The lowest BCUT2D eigenvalue weighted by molar-refractivity contribution is 0.101. The van der Waals surface area contributed by atoms with Crippen LogP contribution in [0.3, 0.4) is 0 Å². The fourth-order valence-corrected chi connectivity index (χ4v) is 5.84. The molecule has 1 aliphatic heterocycles. The first kappa shape index (κ1) is 27.2. The minimum absolute atomic E-state index is 0.00761. The minimum Gasteiger partial charge on any atom is -0.465 e. The molecule has 3 aromatic heterocycles. The fourth-order valence-electron chi connectivity index (χ4n) is 5.84. The van der Waals surface area contributed by atoms with Crippen LogP contribution < -0.4 is 16.0 Å². The Morgan fingerprint density at radius 1 is 1.02 bits per heavy atom. The standard InChI is InChI=1S/C28H36FN9O3/c29-21-16-30-10-9-22(21)34-27(39)24-17-31-26-23(32-18-3-4-18)15-25(35-38(24)26)33-19-5-7-20(8-6-19)37(28(40)41)14-13-36-11-1-2-12-36/h9-10,15-20,32H,1-8,11-14H2,(H,33,35)(H,40,41)(H,30,34,39)/t19-,20-. The number of hydrogen-bond acceptors (Lipinski definition) is 8. The van der Waals surface area contributed by atoms with Crippen LogP contribution in [0.1, 0.15) is 61.9 Å². The molecule has 12 nitrogen and oxygen atoms in total. The molecule has 0 aromatic carbocycles. The van der Waals surface area contributed by atoms with E-state index in [2.05, 4.69) is 35.9 Å². The summed E-state index contributed by atoms with van der Waals surface area (Å²) in [4.78, 5) is 37.3. The van der Waals surface area contributed by atoms with Crippen molar-refractivity contribution in [2.24, 2.45) is 0 Å². The number of amides is 2. The third-order valence-corrected chi connectivity index (χ3v) is 8.25. The van der Waals surface area contributed by atoms with Gasteiger partial charge in [-0.05, 0) is 70.5 Å². The minimum atomic E-state index is -0.846. The van der Waals surface area contributed by atoms with Gasteiger partial charge >= 0.3 is 6.09 Å². The van der Waals surface area contributed by atoms with Crippen molar-refractivity contribution in [2.75, 3.05) is 42.1 Å². The highest BCUT2D eigenvalue weighted by Gasteiger charge is 2.30. The van der Waals surface area contributed by atoms with E-state index >= 15 is 0 Å². The first-order valence-electron chi connectivity index (χ1n) is 14.5. The number of aromatic nitrogens is 4. The second-order valence-corrected chi connectivity index (χ2v) is 11.2. The van der Waals surface area contributed by atoms with Gasteiger partial charge in [-0.1, -0.05) is 0 Å². The lowest BCUT2D eigenvalue weighted by atomic mass is 9.90. The number of fused-ring (bicyclic) bond motifs is 1. The molecule has 3 fully saturated rings. The van der Waals surface area contributed by atoms with Crippen molar-refractivity contribution in [3.05, 3.63) is 42.2 Å². The quantitative estimate of drug-likeness (QED) is 0.288. The number of imidazole rings is 1. The highest BCUT2D eigenvalue weighted by Crippen LogP contribution is 2.31. The number of nitrogens with zero attached hydrogens (tertiary/aromatic N) is 6. The molecule has 2 saturated carbocycles. The number of pyridine rings is 1.